The average molecular weight is 271 g/mol. The van der Waals surface area contributed by atoms with Gasteiger partial charge in [-0.15, -0.1) is 0 Å². The van der Waals surface area contributed by atoms with Crippen LogP contribution < -0.4 is 11.1 Å². The first kappa shape index (κ1) is 13.1. The van der Waals surface area contributed by atoms with Gasteiger partial charge < -0.3 is 15.5 Å². The van der Waals surface area contributed by atoms with Gasteiger partial charge in [0.2, 0.25) is 0 Å². The van der Waals surface area contributed by atoms with Gasteiger partial charge >= 0.3 is 0 Å². The van der Waals surface area contributed by atoms with E-state index in [1.54, 1.807) is 6.92 Å². The van der Waals surface area contributed by atoms with Crippen LogP contribution in [0.15, 0.2) is 21.6 Å². The minimum absolute atomic E-state index is 0.0399. The highest BCUT2D eigenvalue weighted by atomic mass is 32.2. The summed E-state index contributed by atoms with van der Waals surface area (Å²) in [7, 11) is -2.92. The maximum absolute atomic E-state index is 12.1. The summed E-state index contributed by atoms with van der Waals surface area (Å²) in [5.74, 6) is 0.256. The summed E-state index contributed by atoms with van der Waals surface area (Å²) in [6, 6.07) is 2.86. The summed E-state index contributed by atoms with van der Waals surface area (Å²) in [5.41, 5.74) is 5.43. The molecule has 1 aromatic rings. The summed E-state index contributed by atoms with van der Waals surface area (Å²) in [4.78, 5) is 11.6. The molecule has 6 nitrogen and oxygen atoms in total. The number of carbonyl (C=O) groups excluding carboxylic acids is 1. The lowest BCUT2D eigenvalue weighted by molar-refractivity contribution is 0.0908. The van der Waals surface area contributed by atoms with Gasteiger partial charge in [0.25, 0.3) is 5.91 Å². The van der Waals surface area contributed by atoms with E-state index in [0.717, 1.165) is 12.8 Å². The molecule has 1 saturated carbocycles. The summed E-state index contributed by atoms with van der Waals surface area (Å²) in [6.07, 6.45) is 1.56. The molecule has 1 aromatic heterocycles. The quantitative estimate of drug-likeness (QED) is 0.697. The lowest BCUT2D eigenvalue weighted by atomic mass is 10.4. The van der Waals surface area contributed by atoms with Crippen molar-refractivity contribution in [2.45, 2.75) is 31.0 Å². The van der Waals surface area contributed by atoms with Crippen molar-refractivity contribution in [3.05, 3.63) is 17.9 Å². The van der Waals surface area contributed by atoms with Gasteiger partial charge in [-0.2, -0.15) is 0 Å². The van der Waals surface area contributed by atoms with Gasteiger partial charge in [-0.05, 0) is 37.8 Å². The van der Waals surface area contributed by atoms with E-state index in [0.29, 0.717) is 11.7 Å². The molecule has 0 aliphatic heterocycles. The highest BCUT2D eigenvalue weighted by Gasteiger charge is 2.29. The van der Waals surface area contributed by atoms with Crippen molar-refractivity contribution in [2.75, 3.05) is 5.75 Å². The highest BCUT2D eigenvalue weighted by Crippen LogP contribution is 2.32. The van der Waals surface area contributed by atoms with Crippen LogP contribution in [0.4, 0.5) is 0 Å². The zero-order valence-electron chi connectivity index (χ0n) is 10.1. The van der Waals surface area contributed by atoms with Crippen LogP contribution in [0.25, 0.3) is 0 Å². The third-order valence-corrected chi connectivity index (χ3v) is 4.47. The summed E-state index contributed by atoms with van der Waals surface area (Å²) in [5, 5.41) is 2.54. The molecule has 1 aliphatic rings. The largest absolute Gasteiger partial charge is 0.441 e. The molecule has 2 unspecified atom stereocenters. The first-order chi connectivity index (χ1) is 8.38. The van der Waals surface area contributed by atoms with Crippen LogP contribution in [0.2, 0.25) is 0 Å². The van der Waals surface area contributed by atoms with E-state index in [2.05, 4.69) is 5.32 Å². The average Bonchev–Trinajstić information content (AvgIpc) is 2.90. The molecule has 4 N–H and O–H groups in total. The Morgan fingerprint density at radius 2 is 2.33 bits per heavy atom. The molecule has 0 bridgehead atoms. The fourth-order valence-corrected chi connectivity index (χ4v) is 3.27. The van der Waals surface area contributed by atoms with Crippen molar-refractivity contribution in [1.82, 2.24) is 5.32 Å². The van der Waals surface area contributed by atoms with E-state index in [9.17, 15) is 9.00 Å². The second-order valence-electron chi connectivity index (χ2n) is 4.67. The molecule has 0 radical (unpaired) electrons. The molecule has 1 aliphatic carbocycles. The van der Waals surface area contributed by atoms with Gasteiger partial charge in [-0.25, -0.2) is 8.99 Å². The van der Waals surface area contributed by atoms with Crippen LogP contribution in [0.5, 0.6) is 0 Å². The standard InChI is InChI=1S/C11H17N3O3S/c1-7(12)14-11(15)9-4-5-10(17-9)18(13,16)6-8-2-3-8/h4-5,7-8,13H,2-3,6,12H2,1H3,(H,14,15). The molecule has 1 heterocycles. The maximum Gasteiger partial charge on any atom is 0.288 e. The zero-order valence-corrected chi connectivity index (χ0v) is 11.0. The number of nitrogens with two attached hydrogens (primary N) is 1. The normalized spacial score (nSPS) is 20.1. The van der Waals surface area contributed by atoms with Crippen molar-refractivity contribution in [3.8, 4) is 0 Å². The van der Waals surface area contributed by atoms with Crippen molar-refractivity contribution in [2.24, 2.45) is 11.7 Å². The van der Waals surface area contributed by atoms with E-state index >= 15 is 0 Å². The summed E-state index contributed by atoms with van der Waals surface area (Å²) >= 11 is 0. The second kappa shape index (κ2) is 4.74. The number of amides is 1. The van der Waals surface area contributed by atoms with E-state index in [-0.39, 0.29) is 10.9 Å². The Hall–Kier alpha value is -1.34. The molecule has 100 valence electrons. The third-order valence-electron chi connectivity index (χ3n) is 2.66. The molecule has 0 aromatic carbocycles. The Morgan fingerprint density at radius 3 is 2.89 bits per heavy atom. The number of carbonyl (C=O) groups is 1. The van der Waals surface area contributed by atoms with Gasteiger partial charge in [-0.3, -0.25) is 4.79 Å². The third kappa shape index (κ3) is 3.11. The first-order valence-electron chi connectivity index (χ1n) is 5.81. The number of hydrogen-bond donors (Lipinski definition) is 3. The SMILES string of the molecule is CC(N)NC(=O)c1ccc(S(=N)(=O)CC2CC2)o1. The lowest BCUT2D eigenvalue weighted by Gasteiger charge is -2.06. The highest BCUT2D eigenvalue weighted by molar-refractivity contribution is 7.92. The van der Waals surface area contributed by atoms with Gasteiger partial charge in [0.1, 0.15) is 9.73 Å². The maximum atomic E-state index is 12.1. The minimum Gasteiger partial charge on any atom is -0.441 e. The first-order valence-corrected chi connectivity index (χ1v) is 7.54. The molecule has 0 spiro atoms. The van der Waals surface area contributed by atoms with Crippen molar-refractivity contribution in [1.29, 1.82) is 4.78 Å². The van der Waals surface area contributed by atoms with Crippen molar-refractivity contribution < 1.29 is 13.4 Å². The summed E-state index contributed by atoms with van der Waals surface area (Å²) in [6.45, 7) is 1.63. The number of furan rings is 1. The molecule has 7 heteroatoms. The number of hydrogen-bond acceptors (Lipinski definition) is 5. The minimum atomic E-state index is -2.92. The fraction of sp³-hybridized carbons (Fsp3) is 0.545. The topological polar surface area (TPSA) is 109 Å². The van der Waals surface area contributed by atoms with Crippen LogP contribution in [0.3, 0.4) is 0 Å². The van der Waals surface area contributed by atoms with E-state index in [1.807, 2.05) is 0 Å². The Labute approximate surface area is 106 Å². The van der Waals surface area contributed by atoms with Crippen molar-refractivity contribution in [3.63, 3.8) is 0 Å². The van der Waals surface area contributed by atoms with Gasteiger partial charge in [0.15, 0.2) is 10.9 Å². The smallest absolute Gasteiger partial charge is 0.288 e. The number of nitrogens with one attached hydrogen (secondary N) is 2. The van der Waals surface area contributed by atoms with Crippen LogP contribution in [0.1, 0.15) is 30.3 Å². The second-order valence-corrected chi connectivity index (χ2v) is 6.75. The fourth-order valence-electron chi connectivity index (χ4n) is 1.60. The Balaban J connectivity index is 2.11. The van der Waals surface area contributed by atoms with Crippen LogP contribution >= 0.6 is 0 Å². The van der Waals surface area contributed by atoms with Gasteiger partial charge in [0.05, 0.1) is 6.17 Å². The molecular formula is C11H17N3O3S. The molecule has 1 fully saturated rings. The van der Waals surface area contributed by atoms with Gasteiger partial charge in [0, 0.05) is 5.75 Å². The van der Waals surface area contributed by atoms with Crippen molar-refractivity contribution >= 4 is 15.6 Å². The molecule has 18 heavy (non-hydrogen) atoms. The van der Waals surface area contributed by atoms with E-state index in [4.69, 9.17) is 14.9 Å². The van der Waals surface area contributed by atoms with Crippen LogP contribution in [0, 0.1) is 10.7 Å². The lowest BCUT2D eigenvalue weighted by Crippen LogP contribution is -2.38. The molecule has 1 amide bonds. The van der Waals surface area contributed by atoms with Gasteiger partial charge in [-0.1, -0.05) is 0 Å². The predicted octanol–water partition coefficient (Wildman–Crippen LogP) is 1.13. The van der Waals surface area contributed by atoms with E-state index in [1.165, 1.54) is 12.1 Å². The monoisotopic (exact) mass is 271 g/mol. The Bertz CT molecular complexity index is 544. The zero-order chi connectivity index (χ0) is 13.3. The Kier molecular flexibility index (Phi) is 3.45. The van der Waals surface area contributed by atoms with Crippen LogP contribution in [-0.4, -0.2) is 22.0 Å². The molecule has 2 rings (SSSR count). The van der Waals surface area contributed by atoms with Crippen LogP contribution in [-0.2, 0) is 9.73 Å². The molecule has 2 atom stereocenters. The molecular weight excluding hydrogens is 254 g/mol. The summed E-state index contributed by atoms with van der Waals surface area (Å²) < 4.78 is 25.1. The Morgan fingerprint density at radius 1 is 1.67 bits per heavy atom. The molecule has 0 saturated heterocycles. The predicted molar refractivity (Wildman–Crippen MR) is 66.5 cm³/mol. The van der Waals surface area contributed by atoms with E-state index < -0.39 is 21.8 Å². The number of rotatable bonds is 5.